The summed E-state index contributed by atoms with van der Waals surface area (Å²) in [6.07, 6.45) is 6.53. The average Bonchev–Trinajstić information content (AvgIpc) is 2.51. The Labute approximate surface area is 144 Å². The summed E-state index contributed by atoms with van der Waals surface area (Å²) in [5, 5.41) is 8.14. The molecule has 0 unspecified atom stereocenters. The second kappa shape index (κ2) is 7.62. The van der Waals surface area contributed by atoms with Crippen molar-refractivity contribution < 1.29 is 4.90 Å². The van der Waals surface area contributed by atoms with Crippen LogP contribution in [0.3, 0.4) is 0 Å². The van der Waals surface area contributed by atoms with Crippen LogP contribution in [0.25, 0.3) is 0 Å². The molecule has 5 heteroatoms. The van der Waals surface area contributed by atoms with E-state index in [1.807, 2.05) is 25.1 Å². The highest BCUT2D eigenvalue weighted by atomic mass is 35.5. The molecule has 0 aliphatic heterocycles. The number of hydrogen-bond acceptors (Lipinski definition) is 1. The lowest BCUT2D eigenvalue weighted by molar-refractivity contribution is -0.916. The summed E-state index contributed by atoms with van der Waals surface area (Å²) in [5.74, 6) is 0. The minimum atomic E-state index is 0.299. The largest absolute Gasteiger partial charge is 0.356 e. The number of likely N-dealkylation sites (N-methyl/N-ethyl adjacent to an activating group) is 1. The van der Waals surface area contributed by atoms with Crippen LogP contribution in [0.4, 0.5) is 5.69 Å². The first kappa shape index (κ1) is 17.5. The van der Waals surface area contributed by atoms with Crippen molar-refractivity contribution in [2.75, 3.05) is 26.0 Å². The molecule has 1 aromatic carbocycles. The van der Waals surface area contributed by atoms with Gasteiger partial charge in [-0.15, -0.1) is 0 Å². The summed E-state index contributed by atoms with van der Waals surface area (Å²) in [7, 11) is 4.51. The fourth-order valence-corrected chi connectivity index (χ4v) is 3.60. The fourth-order valence-electron chi connectivity index (χ4n) is 3.24. The van der Waals surface area contributed by atoms with Gasteiger partial charge in [-0.25, -0.2) is 0 Å². The van der Waals surface area contributed by atoms with Gasteiger partial charge in [0.15, 0.2) is 5.11 Å². The molecule has 0 spiro atoms. The number of anilines is 1. The van der Waals surface area contributed by atoms with E-state index in [1.54, 1.807) is 0 Å². The Morgan fingerprint density at radius 2 is 1.95 bits per heavy atom. The van der Waals surface area contributed by atoms with Crippen LogP contribution in [0.1, 0.15) is 37.7 Å². The van der Waals surface area contributed by atoms with Gasteiger partial charge in [-0.1, -0.05) is 24.1 Å². The lowest BCUT2D eigenvalue weighted by Gasteiger charge is -2.40. The summed E-state index contributed by atoms with van der Waals surface area (Å²) in [5.41, 5.74) is 2.30. The van der Waals surface area contributed by atoms with Crippen molar-refractivity contribution in [1.82, 2.24) is 5.32 Å². The van der Waals surface area contributed by atoms with Gasteiger partial charge in [0, 0.05) is 23.6 Å². The fraction of sp³-hybridized carbons (Fsp3) is 0.588. The summed E-state index contributed by atoms with van der Waals surface area (Å²) in [4.78, 5) is 1.52. The first-order valence-corrected chi connectivity index (χ1v) is 8.84. The number of quaternary nitrogens is 1. The summed E-state index contributed by atoms with van der Waals surface area (Å²) in [6, 6.07) is 5.83. The van der Waals surface area contributed by atoms with Crippen LogP contribution in [0.5, 0.6) is 0 Å². The molecule has 1 aliphatic rings. The maximum Gasteiger partial charge on any atom is 0.171 e. The minimum absolute atomic E-state index is 0.299. The van der Waals surface area contributed by atoms with Crippen molar-refractivity contribution in [2.24, 2.45) is 0 Å². The lowest BCUT2D eigenvalue weighted by atomic mass is 9.80. The van der Waals surface area contributed by atoms with Crippen molar-refractivity contribution in [2.45, 2.75) is 44.6 Å². The van der Waals surface area contributed by atoms with Crippen LogP contribution < -0.4 is 15.5 Å². The van der Waals surface area contributed by atoms with Crippen LogP contribution in [0.15, 0.2) is 18.2 Å². The molecule has 0 radical (unpaired) electrons. The maximum atomic E-state index is 6.15. The summed E-state index contributed by atoms with van der Waals surface area (Å²) >= 11 is 11.6. The third-order valence-electron chi connectivity index (χ3n) is 4.97. The number of thiocarbonyl (C=S) groups is 1. The van der Waals surface area contributed by atoms with Crippen molar-refractivity contribution in [1.29, 1.82) is 0 Å². The minimum Gasteiger partial charge on any atom is -0.356 e. The summed E-state index contributed by atoms with van der Waals surface area (Å²) < 4.78 is 0. The highest BCUT2D eigenvalue weighted by Crippen LogP contribution is 2.25. The molecule has 0 amide bonds. The SMILES string of the molecule is Cc1c(Cl)cccc1NC(=S)NCC1([NH+](C)C)CCCCC1. The van der Waals surface area contributed by atoms with Gasteiger partial charge in [-0.3, -0.25) is 0 Å². The normalized spacial score (nSPS) is 17.3. The molecule has 1 fully saturated rings. The Hall–Kier alpha value is -0.840. The zero-order chi connectivity index (χ0) is 16.2. The monoisotopic (exact) mass is 340 g/mol. The third-order valence-corrected chi connectivity index (χ3v) is 5.63. The van der Waals surface area contributed by atoms with Crippen LogP contribution in [-0.2, 0) is 0 Å². The molecule has 3 N–H and O–H groups in total. The number of hydrogen-bond donors (Lipinski definition) is 3. The molecular formula is C17H27ClN3S+. The van der Waals surface area contributed by atoms with E-state index in [-0.39, 0.29) is 0 Å². The van der Waals surface area contributed by atoms with E-state index in [0.29, 0.717) is 10.7 Å². The standard InChI is InChI=1S/C17H26ClN3S/c1-13-14(18)8-7-9-15(13)20-16(22)19-12-17(21(2)3)10-5-4-6-11-17/h7-9H,4-6,10-12H2,1-3H3,(H2,19,20,22)/p+1. The first-order valence-electron chi connectivity index (χ1n) is 8.05. The van der Waals surface area contributed by atoms with E-state index in [9.17, 15) is 0 Å². The quantitative estimate of drug-likeness (QED) is 0.736. The van der Waals surface area contributed by atoms with Gasteiger partial charge in [0.05, 0.1) is 20.6 Å². The Bertz CT molecular complexity index is 525. The maximum absolute atomic E-state index is 6.15. The van der Waals surface area contributed by atoms with Gasteiger partial charge in [-0.05, 0) is 49.7 Å². The molecule has 2 rings (SSSR count). The van der Waals surface area contributed by atoms with Gasteiger partial charge in [-0.2, -0.15) is 0 Å². The van der Waals surface area contributed by atoms with Gasteiger partial charge < -0.3 is 15.5 Å². The van der Waals surface area contributed by atoms with E-state index >= 15 is 0 Å². The van der Waals surface area contributed by atoms with Gasteiger partial charge >= 0.3 is 0 Å². The smallest absolute Gasteiger partial charge is 0.171 e. The predicted octanol–water partition coefficient (Wildman–Crippen LogP) is 2.78. The van der Waals surface area contributed by atoms with E-state index in [2.05, 4.69) is 24.7 Å². The molecule has 0 aromatic heterocycles. The van der Waals surface area contributed by atoms with E-state index in [4.69, 9.17) is 23.8 Å². The third kappa shape index (κ3) is 4.12. The second-order valence-electron chi connectivity index (χ2n) is 6.56. The molecule has 3 nitrogen and oxygen atoms in total. The molecule has 0 saturated heterocycles. The average molecular weight is 341 g/mol. The Kier molecular flexibility index (Phi) is 6.07. The molecule has 0 heterocycles. The second-order valence-corrected chi connectivity index (χ2v) is 7.38. The van der Waals surface area contributed by atoms with Crippen molar-refractivity contribution >= 4 is 34.6 Å². The number of halogens is 1. The lowest BCUT2D eigenvalue weighted by Crippen LogP contribution is -3.16. The van der Waals surface area contributed by atoms with Crippen molar-refractivity contribution in [3.05, 3.63) is 28.8 Å². The van der Waals surface area contributed by atoms with Gasteiger partial charge in [0.1, 0.15) is 5.54 Å². The summed E-state index contributed by atoms with van der Waals surface area (Å²) in [6.45, 7) is 2.92. The number of benzene rings is 1. The molecule has 0 atom stereocenters. The molecule has 22 heavy (non-hydrogen) atoms. The van der Waals surface area contributed by atoms with Gasteiger partial charge in [0.2, 0.25) is 0 Å². The highest BCUT2D eigenvalue weighted by molar-refractivity contribution is 7.80. The van der Waals surface area contributed by atoms with Crippen molar-refractivity contribution in [3.8, 4) is 0 Å². The zero-order valence-corrected chi connectivity index (χ0v) is 15.3. The Morgan fingerprint density at radius 3 is 2.59 bits per heavy atom. The number of rotatable bonds is 4. The molecule has 1 aromatic rings. The molecule has 122 valence electrons. The Morgan fingerprint density at radius 1 is 1.27 bits per heavy atom. The van der Waals surface area contributed by atoms with E-state index in [1.165, 1.54) is 37.0 Å². The zero-order valence-electron chi connectivity index (χ0n) is 13.8. The Balaban J connectivity index is 1.95. The van der Waals surface area contributed by atoms with Crippen LogP contribution in [0, 0.1) is 6.92 Å². The molecule has 1 saturated carbocycles. The molecule has 0 bridgehead atoms. The van der Waals surface area contributed by atoms with E-state index in [0.717, 1.165) is 22.8 Å². The highest BCUT2D eigenvalue weighted by Gasteiger charge is 2.37. The van der Waals surface area contributed by atoms with E-state index < -0.39 is 0 Å². The van der Waals surface area contributed by atoms with Crippen LogP contribution in [0.2, 0.25) is 5.02 Å². The van der Waals surface area contributed by atoms with Crippen LogP contribution >= 0.6 is 23.8 Å². The number of nitrogens with one attached hydrogen (secondary N) is 3. The molecule has 1 aliphatic carbocycles. The predicted molar refractivity (Wildman–Crippen MR) is 99.0 cm³/mol. The first-order chi connectivity index (χ1) is 10.4. The van der Waals surface area contributed by atoms with Crippen LogP contribution in [-0.4, -0.2) is 31.3 Å². The van der Waals surface area contributed by atoms with Crippen molar-refractivity contribution in [3.63, 3.8) is 0 Å². The van der Waals surface area contributed by atoms with Gasteiger partial charge in [0.25, 0.3) is 0 Å². The topological polar surface area (TPSA) is 28.5 Å². The molecular weight excluding hydrogens is 314 g/mol.